The number of carbonyl (C=O) groups is 1. The van der Waals surface area contributed by atoms with E-state index in [9.17, 15) is 4.79 Å². The number of hydrogen-bond donors (Lipinski definition) is 2. The van der Waals surface area contributed by atoms with Gasteiger partial charge in [-0.1, -0.05) is 30.7 Å². The van der Waals surface area contributed by atoms with Crippen LogP contribution in [0.4, 0.5) is 0 Å². The molecule has 0 saturated heterocycles. The summed E-state index contributed by atoms with van der Waals surface area (Å²) in [6, 6.07) is 6.05. The van der Waals surface area contributed by atoms with Crippen molar-refractivity contribution in [2.45, 2.75) is 13.3 Å². The summed E-state index contributed by atoms with van der Waals surface area (Å²) in [5.41, 5.74) is 2.55. The third kappa shape index (κ3) is 3.53. The maximum absolute atomic E-state index is 9.83. The van der Waals surface area contributed by atoms with Crippen molar-refractivity contribution >= 4 is 17.6 Å². The molecule has 0 radical (unpaired) electrons. The number of hydrogen-bond acceptors (Lipinski definition) is 2. The molecular formula is C11H14ClNO2. The Labute approximate surface area is 94.1 Å². The van der Waals surface area contributed by atoms with Crippen LogP contribution in [0, 0.1) is 0 Å². The first-order valence-corrected chi connectivity index (χ1v) is 5.25. The zero-order chi connectivity index (χ0) is 11.3. The molecule has 15 heavy (non-hydrogen) atoms. The highest BCUT2D eigenvalue weighted by Gasteiger charge is 2.13. The molecule has 2 aliphatic carbocycles. The van der Waals surface area contributed by atoms with Crippen molar-refractivity contribution in [3.8, 4) is 11.1 Å². The minimum Gasteiger partial charge on any atom is -0.481 e. The SMILES string of the molecule is CCNCCC(=O)O.Clc1cc2ccc1-2. The van der Waals surface area contributed by atoms with Crippen LogP contribution in [0.25, 0.3) is 11.1 Å². The lowest BCUT2D eigenvalue weighted by Crippen LogP contribution is -2.16. The number of aliphatic carboxylic acids is 1. The Kier molecular flexibility index (Phi) is 4.59. The van der Waals surface area contributed by atoms with Gasteiger partial charge in [0.2, 0.25) is 0 Å². The number of fused-ring (bicyclic) bond motifs is 1. The minimum absolute atomic E-state index is 0.216. The van der Waals surface area contributed by atoms with Gasteiger partial charge >= 0.3 is 5.97 Å². The lowest BCUT2D eigenvalue weighted by Gasteiger charge is -2.15. The Morgan fingerprint density at radius 2 is 2.27 bits per heavy atom. The monoisotopic (exact) mass is 227 g/mol. The maximum atomic E-state index is 9.83. The van der Waals surface area contributed by atoms with Crippen molar-refractivity contribution in [1.82, 2.24) is 5.32 Å². The number of carboxylic acids is 1. The summed E-state index contributed by atoms with van der Waals surface area (Å²) in [6.07, 6.45) is 0.216. The minimum atomic E-state index is -0.744. The predicted molar refractivity (Wildman–Crippen MR) is 61.2 cm³/mol. The Morgan fingerprint density at radius 3 is 2.47 bits per heavy atom. The Bertz CT molecular complexity index is 352. The first kappa shape index (κ1) is 12.0. The summed E-state index contributed by atoms with van der Waals surface area (Å²) < 4.78 is 0. The van der Waals surface area contributed by atoms with Crippen LogP contribution in [-0.4, -0.2) is 24.2 Å². The zero-order valence-electron chi connectivity index (χ0n) is 8.59. The third-order valence-corrected chi connectivity index (χ3v) is 2.36. The fourth-order valence-corrected chi connectivity index (χ4v) is 1.40. The molecule has 4 heteroatoms. The van der Waals surface area contributed by atoms with Gasteiger partial charge in [0, 0.05) is 17.1 Å². The number of carboxylic acid groups (broad SMARTS) is 1. The van der Waals surface area contributed by atoms with Crippen molar-refractivity contribution in [1.29, 1.82) is 0 Å². The van der Waals surface area contributed by atoms with Crippen molar-refractivity contribution < 1.29 is 9.90 Å². The van der Waals surface area contributed by atoms with Gasteiger partial charge in [-0.2, -0.15) is 0 Å². The average molecular weight is 228 g/mol. The first-order valence-electron chi connectivity index (χ1n) is 4.87. The van der Waals surface area contributed by atoms with E-state index >= 15 is 0 Å². The summed E-state index contributed by atoms with van der Waals surface area (Å²) in [5.74, 6) is -0.744. The molecule has 2 aliphatic rings. The molecule has 82 valence electrons. The van der Waals surface area contributed by atoms with Gasteiger partial charge in [0.1, 0.15) is 0 Å². The topological polar surface area (TPSA) is 49.3 Å². The van der Waals surface area contributed by atoms with Crippen LogP contribution in [0.2, 0.25) is 5.02 Å². The van der Waals surface area contributed by atoms with Gasteiger partial charge in [-0.15, -0.1) is 0 Å². The van der Waals surface area contributed by atoms with E-state index in [0.717, 1.165) is 11.6 Å². The highest BCUT2D eigenvalue weighted by atomic mass is 35.5. The predicted octanol–water partition coefficient (Wildman–Crippen LogP) is 2.39. The van der Waals surface area contributed by atoms with Crippen LogP contribution in [0.5, 0.6) is 0 Å². The number of nitrogens with one attached hydrogen (secondary N) is 1. The van der Waals surface area contributed by atoms with Crippen molar-refractivity contribution in [2.75, 3.05) is 13.1 Å². The molecule has 0 saturated carbocycles. The second kappa shape index (κ2) is 5.73. The molecule has 0 amide bonds. The molecule has 3 nitrogen and oxygen atoms in total. The van der Waals surface area contributed by atoms with E-state index in [1.54, 1.807) is 0 Å². The molecule has 0 aromatic heterocycles. The first-order chi connectivity index (χ1) is 7.15. The van der Waals surface area contributed by atoms with Gasteiger partial charge in [0.05, 0.1) is 6.42 Å². The molecule has 0 fully saturated rings. The summed E-state index contributed by atoms with van der Waals surface area (Å²) in [5, 5.41) is 11.9. The molecule has 0 atom stereocenters. The van der Waals surface area contributed by atoms with E-state index < -0.39 is 5.97 Å². The van der Waals surface area contributed by atoms with E-state index in [-0.39, 0.29) is 6.42 Å². The summed E-state index contributed by atoms with van der Waals surface area (Å²) in [6.45, 7) is 3.36. The highest BCUT2D eigenvalue weighted by Crippen LogP contribution is 2.39. The largest absolute Gasteiger partial charge is 0.481 e. The van der Waals surface area contributed by atoms with E-state index in [4.69, 9.17) is 16.7 Å². The van der Waals surface area contributed by atoms with Gasteiger partial charge in [-0.25, -0.2) is 0 Å². The lowest BCUT2D eigenvalue weighted by molar-refractivity contribution is -0.136. The summed E-state index contributed by atoms with van der Waals surface area (Å²) in [7, 11) is 0. The van der Waals surface area contributed by atoms with Crippen molar-refractivity contribution in [3.05, 3.63) is 23.2 Å². The van der Waals surface area contributed by atoms with Gasteiger partial charge < -0.3 is 10.4 Å². The highest BCUT2D eigenvalue weighted by molar-refractivity contribution is 6.35. The Balaban J connectivity index is 0.000000150. The van der Waals surface area contributed by atoms with E-state index in [0.29, 0.717) is 6.54 Å². The van der Waals surface area contributed by atoms with E-state index in [1.807, 2.05) is 19.1 Å². The fourth-order valence-electron chi connectivity index (χ4n) is 1.11. The molecular weight excluding hydrogens is 214 g/mol. The third-order valence-electron chi connectivity index (χ3n) is 2.05. The van der Waals surface area contributed by atoms with Gasteiger partial charge in [0.15, 0.2) is 0 Å². The maximum Gasteiger partial charge on any atom is 0.304 e. The second-order valence-corrected chi connectivity index (χ2v) is 3.60. The molecule has 0 bridgehead atoms. The molecule has 0 heterocycles. The standard InChI is InChI=1S/C6H3Cl.C5H11NO2/c7-6-3-4-1-2-5(4)6;1-2-6-4-3-5(7)8/h1-3H;6H,2-4H2,1H3,(H,7,8). The molecule has 0 aliphatic heterocycles. The summed E-state index contributed by atoms with van der Waals surface area (Å²) >= 11 is 5.60. The quantitative estimate of drug-likeness (QED) is 0.789. The van der Waals surface area contributed by atoms with Crippen molar-refractivity contribution in [2.24, 2.45) is 0 Å². The van der Waals surface area contributed by atoms with Crippen LogP contribution in [-0.2, 0) is 4.79 Å². The average Bonchev–Trinajstić information content (AvgIpc) is 2.15. The van der Waals surface area contributed by atoms with Gasteiger partial charge in [-0.3, -0.25) is 4.79 Å². The second-order valence-electron chi connectivity index (χ2n) is 3.19. The molecule has 0 unspecified atom stereocenters. The zero-order valence-corrected chi connectivity index (χ0v) is 9.34. The number of rotatable bonds is 4. The smallest absolute Gasteiger partial charge is 0.304 e. The van der Waals surface area contributed by atoms with E-state index in [1.165, 1.54) is 11.1 Å². The molecule has 2 N–H and O–H groups in total. The Morgan fingerprint density at radius 1 is 1.53 bits per heavy atom. The van der Waals surface area contributed by atoms with Crippen LogP contribution < -0.4 is 5.32 Å². The number of benzene rings is 1. The van der Waals surface area contributed by atoms with Gasteiger partial charge in [0.25, 0.3) is 0 Å². The lowest BCUT2D eigenvalue weighted by atomic mass is 9.94. The number of halogens is 1. The van der Waals surface area contributed by atoms with E-state index in [2.05, 4.69) is 11.4 Å². The normalized spacial score (nSPS) is 10.3. The molecule has 0 spiro atoms. The van der Waals surface area contributed by atoms with Crippen molar-refractivity contribution in [3.63, 3.8) is 0 Å². The fraction of sp³-hybridized carbons (Fsp3) is 0.364. The molecule has 0 aromatic carbocycles. The van der Waals surface area contributed by atoms with Crippen LogP contribution in [0.1, 0.15) is 13.3 Å². The van der Waals surface area contributed by atoms with Crippen LogP contribution in [0.3, 0.4) is 0 Å². The van der Waals surface area contributed by atoms with Crippen LogP contribution >= 0.6 is 11.6 Å². The molecule has 0 aromatic rings. The van der Waals surface area contributed by atoms with Crippen LogP contribution in [0.15, 0.2) is 18.2 Å². The summed E-state index contributed by atoms with van der Waals surface area (Å²) in [4.78, 5) is 9.83. The molecule has 2 rings (SSSR count). The Hall–Kier alpha value is -1.06. The van der Waals surface area contributed by atoms with Gasteiger partial charge in [-0.05, 0) is 18.2 Å².